The molecule has 330 valence electrons. The van der Waals surface area contributed by atoms with Gasteiger partial charge in [-0.2, -0.15) is 0 Å². The summed E-state index contributed by atoms with van der Waals surface area (Å²) in [5.41, 5.74) is 12.9. The second-order valence-electron chi connectivity index (χ2n) is 18.3. The van der Waals surface area contributed by atoms with E-state index in [2.05, 4.69) is 196 Å². The van der Waals surface area contributed by atoms with Gasteiger partial charge in [0.05, 0.1) is 38.9 Å². The molecule has 0 fully saturated rings. The van der Waals surface area contributed by atoms with Crippen LogP contribution in [0, 0.1) is 11.8 Å². The number of furan rings is 1. The molecule has 4 aliphatic rings. The number of pyridine rings is 1. The van der Waals surface area contributed by atoms with Crippen LogP contribution in [0.2, 0.25) is 0 Å². The maximum atomic E-state index is 7.37. The number of dihydropyridines is 1. The molecule has 2 aliphatic carbocycles. The van der Waals surface area contributed by atoms with Crippen molar-refractivity contribution in [1.29, 1.82) is 0 Å². The van der Waals surface area contributed by atoms with Crippen molar-refractivity contribution in [3.05, 3.63) is 229 Å². The van der Waals surface area contributed by atoms with Crippen LogP contribution in [0.5, 0.6) is 0 Å². The second kappa shape index (κ2) is 16.0. The van der Waals surface area contributed by atoms with Crippen LogP contribution in [-0.4, -0.2) is 38.0 Å². The molecule has 4 atom stereocenters. The molecule has 69 heavy (non-hydrogen) atoms. The van der Waals surface area contributed by atoms with E-state index in [0.29, 0.717) is 5.84 Å². The number of aromatic nitrogens is 3. The van der Waals surface area contributed by atoms with Crippen LogP contribution in [0.1, 0.15) is 24.1 Å². The van der Waals surface area contributed by atoms with Gasteiger partial charge in [-0.3, -0.25) is 4.98 Å². The van der Waals surface area contributed by atoms with E-state index in [1.165, 1.54) is 11.1 Å². The van der Waals surface area contributed by atoms with Crippen LogP contribution >= 0.6 is 0 Å². The summed E-state index contributed by atoms with van der Waals surface area (Å²) in [4.78, 5) is 15.2. The van der Waals surface area contributed by atoms with Gasteiger partial charge in [-0.15, -0.1) is 0 Å². The molecule has 10 aromatic rings. The first-order chi connectivity index (χ1) is 34.2. The maximum Gasteiger partial charge on any atom is 0.177 e. The Kier molecular flexibility index (Phi) is 9.12. The molecular formula is C61H45N7O. The van der Waals surface area contributed by atoms with Crippen molar-refractivity contribution >= 4 is 88.5 Å². The maximum absolute atomic E-state index is 7.37. The first kappa shape index (κ1) is 39.4. The predicted octanol–water partition coefficient (Wildman–Crippen LogP) is 13.4. The highest BCUT2D eigenvalue weighted by Crippen LogP contribution is 2.50. The van der Waals surface area contributed by atoms with Crippen LogP contribution in [0.4, 0.5) is 0 Å². The summed E-state index contributed by atoms with van der Waals surface area (Å²) < 4.78 is 12.3. The fourth-order valence-electron chi connectivity index (χ4n) is 11.4. The minimum Gasteiger partial charge on any atom is -0.455 e. The molecule has 3 unspecified atom stereocenters. The summed E-state index contributed by atoms with van der Waals surface area (Å²) in [6, 6.07) is 54.1. The highest BCUT2D eigenvalue weighted by atomic mass is 16.3. The quantitative estimate of drug-likeness (QED) is 0.167. The van der Waals surface area contributed by atoms with E-state index in [4.69, 9.17) is 19.4 Å². The lowest BCUT2D eigenvalue weighted by Crippen LogP contribution is -2.50. The molecule has 0 spiro atoms. The number of nitrogens with zero attached hydrogens (tertiary/aromatic N) is 5. The zero-order valence-electron chi connectivity index (χ0n) is 37.6. The Morgan fingerprint density at radius 1 is 0.594 bits per heavy atom. The van der Waals surface area contributed by atoms with Gasteiger partial charge in [0, 0.05) is 50.6 Å². The highest BCUT2D eigenvalue weighted by Gasteiger charge is 2.37. The zero-order valence-corrected chi connectivity index (χ0v) is 37.6. The summed E-state index contributed by atoms with van der Waals surface area (Å²) >= 11 is 0. The minimum atomic E-state index is -0.308. The predicted molar refractivity (Wildman–Crippen MR) is 284 cm³/mol. The Hall–Kier alpha value is -8.75. The van der Waals surface area contributed by atoms with Crippen molar-refractivity contribution < 1.29 is 4.42 Å². The standard InChI is InChI=1S/C61H45N7O/c1-4-18-38(19-5-1)46-36-40(59-64-60(48-26-14-16-34-62-48)66-61(65-59)49-27-15-17-35-63-49)37-47(39-20-6-2-7-21-39)56(46)68-51-29-13-11-25-45(51)55-53(68)33-31-43-42-30-32-52-54(57(42)69-58(43)55)44-24-10-12-28-50(44)67(52)41-22-8-3-9-23-41/h1-20,22-36,39,47-48,60,62H,21,37H2,(H,64,65,66)/t39-,47?,48?,60?/m1/s1. The molecule has 2 N–H and O–H groups in total. The Morgan fingerprint density at radius 2 is 1.28 bits per heavy atom. The van der Waals surface area contributed by atoms with Crippen LogP contribution in [-0.2, 0) is 0 Å². The monoisotopic (exact) mass is 891 g/mol. The van der Waals surface area contributed by atoms with Crippen LogP contribution in [0.25, 0.3) is 82.5 Å². The molecule has 0 amide bonds. The van der Waals surface area contributed by atoms with Gasteiger partial charge in [0.2, 0.25) is 0 Å². The van der Waals surface area contributed by atoms with Crippen LogP contribution in [0.3, 0.4) is 0 Å². The minimum absolute atomic E-state index is 0.0614. The molecule has 6 heterocycles. The summed E-state index contributed by atoms with van der Waals surface area (Å²) in [5.74, 6) is 1.71. The Labute approximate surface area is 398 Å². The summed E-state index contributed by atoms with van der Waals surface area (Å²) in [7, 11) is 0. The van der Waals surface area contributed by atoms with E-state index >= 15 is 0 Å². The molecular weight excluding hydrogens is 847 g/mol. The Bertz CT molecular complexity index is 3970. The number of hydrogen-bond acceptors (Lipinski definition) is 6. The number of fused-ring (bicyclic) bond motifs is 11. The van der Waals surface area contributed by atoms with Gasteiger partial charge in [0.15, 0.2) is 5.84 Å². The molecule has 0 saturated carbocycles. The third kappa shape index (κ3) is 6.32. The topological polar surface area (TPSA) is 84.7 Å². The number of rotatable bonds is 7. The Morgan fingerprint density at radius 3 is 1.97 bits per heavy atom. The third-order valence-electron chi connectivity index (χ3n) is 14.4. The first-order valence-corrected chi connectivity index (χ1v) is 23.9. The molecule has 14 rings (SSSR count). The van der Waals surface area contributed by atoms with E-state index in [1.54, 1.807) is 0 Å². The number of amidine groups is 2. The molecule has 0 saturated heterocycles. The molecule has 2 aliphatic heterocycles. The van der Waals surface area contributed by atoms with Gasteiger partial charge in [-0.1, -0.05) is 127 Å². The van der Waals surface area contributed by atoms with E-state index in [1.807, 2.05) is 36.7 Å². The number of nitrogens with one attached hydrogen (secondary N) is 2. The van der Waals surface area contributed by atoms with Gasteiger partial charge in [-0.05, 0) is 109 Å². The average Bonchev–Trinajstić information content (AvgIpc) is 4.09. The molecule has 4 aromatic heterocycles. The van der Waals surface area contributed by atoms with Gasteiger partial charge in [0.25, 0.3) is 0 Å². The van der Waals surface area contributed by atoms with Crippen molar-refractivity contribution in [3.63, 3.8) is 0 Å². The van der Waals surface area contributed by atoms with Gasteiger partial charge in [0.1, 0.15) is 28.9 Å². The van der Waals surface area contributed by atoms with Crippen molar-refractivity contribution in [2.75, 3.05) is 0 Å². The fourth-order valence-corrected chi connectivity index (χ4v) is 11.4. The summed E-state index contributed by atoms with van der Waals surface area (Å²) in [6.07, 6.45) is 22.9. The van der Waals surface area contributed by atoms with Gasteiger partial charge in [-0.25, -0.2) is 9.98 Å². The average molecular weight is 892 g/mol. The van der Waals surface area contributed by atoms with E-state index in [-0.39, 0.29) is 24.0 Å². The SMILES string of the molecule is C1=CC[C@H](C2CC(C3=NC(c4ccccn4)=NC(C4C=CC=CN4)N3)=CC(c3ccccc3)=C2n2c3ccccc3c3c4oc5c(ccc6c5c5ccccc5n6-c5ccccc5)c4ccc32)C=C1. The fraction of sp³-hybridized carbons (Fsp3) is 0.0984. The lowest BCUT2D eigenvalue weighted by Gasteiger charge is -2.36. The van der Waals surface area contributed by atoms with E-state index < -0.39 is 0 Å². The first-order valence-electron chi connectivity index (χ1n) is 23.9. The zero-order chi connectivity index (χ0) is 45.4. The number of benzene rings is 6. The van der Waals surface area contributed by atoms with Gasteiger partial charge >= 0.3 is 0 Å². The molecule has 8 nitrogen and oxygen atoms in total. The summed E-state index contributed by atoms with van der Waals surface area (Å²) in [6.45, 7) is 0. The van der Waals surface area contributed by atoms with E-state index in [9.17, 15) is 0 Å². The lowest BCUT2D eigenvalue weighted by molar-refractivity contribution is 0.472. The van der Waals surface area contributed by atoms with Crippen molar-refractivity contribution in [2.24, 2.45) is 21.8 Å². The van der Waals surface area contributed by atoms with Crippen molar-refractivity contribution in [1.82, 2.24) is 24.8 Å². The Balaban J connectivity index is 1.03. The van der Waals surface area contributed by atoms with Crippen LogP contribution < -0.4 is 10.6 Å². The van der Waals surface area contributed by atoms with Crippen molar-refractivity contribution in [3.8, 4) is 5.69 Å². The molecule has 0 radical (unpaired) electrons. The summed E-state index contributed by atoms with van der Waals surface area (Å²) in [5, 5.41) is 14.1. The normalized spacial score (nSPS) is 20.3. The molecule has 0 bridgehead atoms. The lowest BCUT2D eigenvalue weighted by atomic mass is 9.74. The number of allylic oxidation sites excluding steroid dienone is 9. The van der Waals surface area contributed by atoms with E-state index in [0.717, 1.165) is 107 Å². The highest BCUT2D eigenvalue weighted by molar-refractivity contribution is 6.29. The number of aliphatic imine (C=N–C) groups is 2. The molecule has 8 heteroatoms. The largest absolute Gasteiger partial charge is 0.455 e. The second-order valence-corrected chi connectivity index (χ2v) is 18.3. The van der Waals surface area contributed by atoms with Crippen molar-refractivity contribution in [2.45, 2.75) is 25.0 Å². The number of hydrogen-bond donors (Lipinski definition) is 2. The third-order valence-corrected chi connectivity index (χ3v) is 14.4. The smallest absolute Gasteiger partial charge is 0.177 e. The molecule has 6 aromatic carbocycles. The van der Waals surface area contributed by atoms with Gasteiger partial charge < -0.3 is 24.2 Å². The van der Waals surface area contributed by atoms with Crippen LogP contribution in [0.15, 0.2) is 233 Å². The number of para-hydroxylation sites is 3.